The van der Waals surface area contributed by atoms with Crippen LogP contribution in [0.15, 0.2) is 38.5 Å². The van der Waals surface area contributed by atoms with Crippen molar-refractivity contribution >= 4 is 36.0 Å². The number of rotatable bonds is 9. The standard InChI is InChI=1S/C17H24N2O4S3/c1-4-6-7-12-18-15-16(19-17(24-15)25(20,21)5-2)26(22,23)14-10-8-13(3)9-11-14/h8-11,18H,4-7,12H2,1-3H3. The molecule has 0 radical (unpaired) electrons. The van der Waals surface area contributed by atoms with Crippen molar-refractivity contribution in [2.24, 2.45) is 0 Å². The van der Waals surface area contributed by atoms with Crippen LogP contribution in [-0.4, -0.2) is 34.1 Å². The summed E-state index contributed by atoms with van der Waals surface area (Å²) in [5, 5.41) is 3.14. The van der Waals surface area contributed by atoms with Crippen molar-refractivity contribution in [2.45, 2.75) is 54.3 Å². The highest BCUT2D eigenvalue weighted by Gasteiger charge is 2.29. The van der Waals surface area contributed by atoms with Crippen LogP contribution in [0.4, 0.5) is 5.00 Å². The summed E-state index contributed by atoms with van der Waals surface area (Å²) < 4.78 is 50.2. The number of hydrogen-bond acceptors (Lipinski definition) is 7. The third-order valence-electron chi connectivity index (χ3n) is 3.87. The van der Waals surface area contributed by atoms with Crippen molar-refractivity contribution < 1.29 is 16.8 Å². The smallest absolute Gasteiger partial charge is 0.226 e. The van der Waals surface area contributed by atoms with Crippen molar-refractivity contribution in [2.75, 3.05) is 17.6 Å². The average molecular weight is 417 g/mol. The van der Waals surface area contributed by atoms with Gasteiger partial charge in [0.15, 0.2) is 5.03 Å². The van der Waals surface area contributed by atoms with E-state index < -0.39 is 19.7 Å². The molecule has 6 nitrogen and oxygen atoms in total. The van der Waals surface area contributed by atoms with Gasteiger partial charge in [-0.15, -0.1) is 0 Å². The van der Waals surface area contributed by atoms with E-state index in [0.717, 1.165) is 36.2 Å². The van der Waals surface area contributed by atoms with E-state index in [-0.39, 0.29) is 25.0 Å². The number of aromatic nitrogens is 1. The molecule has 0 atom stereocenters. The molecule has 1 N–H and O–H groups in total. The molecule has 144 valence electrons. The zero-order chi connectivity index (χ0) is 19.4. The lowest BCUT2D eigenvalue weighted by atomic mass is 10.2. The van der Waals surface area contributed by atoms with Gasteiger partial charge >= 0.3 is 0 Å². The Morgan fingerprint density at radius 3 is 2.27 bits per heavy atom. The molecule has 1 aromatic carbocycles. The molecule has 2 aromatic rings. The summed E-state index contributed by atoms with van der Waals surface area (Å²) in [5.74, 6) is -0.125. The molecule has 1 heterocycles. The SMILES string of the molecule is CCCCCNc1sc(S(=O)(=O)CC)nc1S(=O)(=O)c1ccc(C)cc1. The Morgan fingerprint density at radius 2 is 1.69 bits per heavy atom. The molecule has 0 saturated heterocycles. The molecule has 0 aliphatic heterocycles. The Bertz CT molecular complexity index is 946. The number of aryl methyl sites for hydroxylation is 1. The van der Waals surface area contributed by atoms with Crippen molar-refractivity contribution in [1.82, 2.24) is 4.98 Å². The summed E-state index contributed by atoms with van der Waals surface area (Å²) in [7, 11) is -7.49. The molecule has 2 rings (SSSR count). The lowest BCUT2D eigenvalue weighted by Crippen LogP contribution is -2.09. The number of unbranched alkanes of at least 4 members (excludes halogenated alkanes) is 2. The Kier molecular flexibility index (Phi) is 6.81. The zero-order valence-electron chi connectivity index (χ0n) is 15.1. The van der Waals surface area contributed by atoms with E-state index in [4.69, 9.17) is 0 Å². The summed E-state index contributed by atoms with van der Waals surface area (Å²) in [6.45, 7) is 6.02. The van der Waals surface area contributed by atoms with Gasteiger partial charge in [0, 0.05) is 6.54 Å². The Hall–Kier alpha value is -1.45. The number of anilines is 1. The molecule has 1 aromatic heterocycles. The van der Waals surface area contributed by atoms with E-state index in [1.807, 2.05) is 6.92 Å². The van der Waals surface area contributed by atoms with Gasteiger partial charge in [0.2, 0.25) is 24.0 Å². The molecule has 0 aliphatic rings. The maximum absolute atomic E-state index is 13.0. The molecule has 0 fully saturated rings. The first kappa shape index (κ1) is 20.9. The topological polar surface area (TPSA) is 93.2 Å². The normalized spacial score (nSPS) is 12.3. The second-order valence-electron chi connectivity index (χ2n) is 5.97. The highest BCUT2D eigenvalue weighted by atomic mass is 32.2. The molecule has 9 heteroatoms. The first-order valence-electron chi connectivity index (χ1n) is 8.51. The number of thiazole rings is 1. The van der Waals surface area contributed by atoms with E-state index in [1.54, 1.807) is 12.1 Å². The van der Waals surface area contributed by atoms with Gasteiger partial charge in [0.1, 0.15) is 5.00 Å². The minimum atomic E-state index is -3.90. The third kappa shape index (κ3) is 4.63. The summed E-state index contributed by atoms with van der Waals surface area (Å²) in [6, 6.07) is 6.44. The van der Waals surface area contributed by atoms with Crippen LogP contribution >= 0.6 is 11.3 Å². The predicted molar refractivity (Wildman–Crippen MR) is 104 cm³/mol. The number of nitrogens with zero attached hydrogens (tertiary/aromatic N) is 1. The van der Waals surface area contributed by atoms with Crippen LogP contribution in [0.25, 0.3) is 0 Å². The van der Waals surface area contributed by atoms with Crippen LogP contribution in [0.1, 0.15) is 38.7 Å². The van der Waals surface area contributed by atoms with Crippen LogP contribution in [-0.2, 0) is 19.7 Å². The summed E-state index contributed by atoms with van der Waals surface area (Å²) in [4.78, 5) is 4.10. The molecular formula is C17H24N2O4S3. The van der Waals surface area contributed by atoms with Gasteiger partial charge in [0.05, 0.1) is 10.6 Å². The fraction of sp³-hybridized carbons (Fsp3) is 0.471. The molecule has 0 saturated carbocycles. The molecular weight excluding hydrogens is 392 g/mol. The molecule has 0 aliphatic carbocycles. The fourth-order valence-electron chi connectivity index (χ4n) is 2.24. The zero-order valence-corrected chi connectivity index (χ0v) is 17.6. The van der Waals surface area contributed by atoms with Crippen molar-refractivity contribution in [1.29, 1.82) is 0 Å². The first-order valence-corrected chi connectivity index (χ1v) is 12.5. The third-order valence-corrected chi connectivity index (χ3v) is 8.90. The highest BCUT2D eigenvalue weighted by Crippen LogP contribution is 2.35. The average Bonchev–Trinajstić information content (AvgIpc) is 3.05. The van der Waals surface area contributed by atoms with Crippen LogP contribution in [0.2, 0.25) is 0 Å². The minimum Gasteiger partial charge on any atom is -0.374 e. The van der Waals surface area contributed by atoms with Crippen LogP contribution in [0.5, 0.6) is 0 Å². The maximum Gasteiger partial charge on any atom is 0.226 e. The van der Waals surface area contributed by atoms with Gasteiger partial charge in [-0.25, -0.2) is 21.8 Å². The first-order chi connectivity index (χ1) is 12.2. The van der Waals surface area contributed by atoms with E-state index in [9.17, 15) is 16.8 Å². The summed E-state index contributed by atoms with van der Waals surface area (Å²) in [5.41, 5.74) is 0.939. The Morgan fingerprint density at radius 1 is 1.04 bits per heavy atom. The van der Waals surface area contributed by atoms with E-state index in [2.05, 4.69) is 17.2 Å². The van der Waals surface area contributed by atoms with Gasteiger partial charge in [-0.3, -0.25) is 0 Å². The van der Waals surface area contributed by atoms with Crippen molar-refractivity contribution in [3.8, 4) is 0 Å². The maximum atomic E-state index is 13.0. The Labute approximate surface area is 159 Å². The molecule has 0 spiro atoms. The minimum absolute atomic E-state index is 0.102. The fourth-order valence-corrected chi connectivity index (χ4v) is 6.27. The predicted octanol–water partition coefficient (Wildman–Crippen LogP) is 3.68. The van der Waals surface area contributed by atoms with E-state index in [1.165, 1.54) is 19.1 Å². The summed E-state index contributed by atoms with van der Waals surface area (Å²) in [6.07, 6.45) is 2.91. The van der Waals surface area contributed by atoms with Crippen LogP contribution < -0.4 is 5.32 Å². The second-order valence-corrected chi connectivity index (χ2v) is 11.3. The van der Waals surface area contributed by atoms with Crippen LogP contribution in [0.3, 0.4) is 0 Å². The van der Waals surface area contributed by atoms with Gasteiger partial charge < -0.3 is 5.32 Å². The highest BCUT2D eigenvalue weighted by molar-refractivity contribution is 7.94. The molecule has 0 bridgehead atoms. The second kappa shape index (κ2) is 8.49. The quantitative estimate of drug-likeness (QED) is 0.627. The molecule has 0 amide bonds. The van der Waals surface area contributed by atoms with Crippen molar-refractivity contribution in [3.63, 3.8) is 0 Å². The van der Waals surface area contributed by atoms with Gasteiger partial charge in [-0.05, 0) is 25.5 Å². The van der Waals surface area contributed by atoms with Gasteiger partial charge in [0.25, 0.3) is 0 Å². The molecule has 26 heavy (non-hydrogen) atoms. The molecule has 0 unspecified atom stereocenters. The lowest BCUT2D eigenvalue weighted by molar-refractivity contribution is 0.590. The number of nitrogens with one attached hydrogen (secondary N) is 1. The monoisotopic (exact) mass is 416 g/mol. The number of hydrogen-bond donors (Lipinski definition) is 1. The van der Waals surface area contributed by atoms with Gasteiger partial charge in [-0.2, -0.15) is 0 Å². The van der Waals surface area contributed by atoms with Crippen molar-refractivity contribution in [3.05, 3.63) is 29.8 Å². The Balaban J connectivity index is 2.48. The number of benzene rings is 1. The van der Waals surface area contributed by atoms with Crippen LogP contribution in [0, 0.1) is 6.92 Å². The van der Waals surface area contributed by atoms with E-state index in [0.29, 0.717) is 6.54 Å². The number of sulfone groups is 2. The summed E-state index contributed by atoms with van der Waals surface area (Å²) >= 11 is 0.884. The lowest BCUT2D eigenvalue weighted by Gasteiger charge is -2.07. The van der Waals surface area contributed by atoms with E-state index >= 15 is 0 Å². The largest absolute Gasteiger partial charge is 0.374 e. The van der Waals surface area contributed by atoms with Gasteiger partial charge in [-0.1, -0.05) is 55.7 Å².